The zero-order valence-corrected chi connectivity index (χ0v) is 13.0. The quantitative estimate of drug-likeness (QED) is 0.903. The van der Waals surface area contributed by atoms with E-state index in [0.717, 1.165) is 11.3 Å². The molecule has 2 unspecified atom stereocenters. The molecule has 3 heteroatoms. The zero-order valence-electron chi connectivity index (χ0n) is 13.0. The molecule has 3 rings (SSSR count). The summed E-state index contributed by atoms with van der Waals surface area (Å²) >= 11 is 0. The first kappa shape index (κ1) is 13.6. The number of para-hydroxylation sites is 2. The van der Waals surface area contributed by atoms with E-state index in [1.807, 2.05) is 0 Å². The number of hydrogen-bond donors (Lipinski definition) is 1. The molecule has 0 radical (unpaired) electrons. The van der Waals surface area contributed by atoms with Gasteiger partial charge < -0.3 is 9.88 Å². The molecule has 0 amide bonds. The van der Waals surface area contributed by atoms with Crippen LogP contribution in [0.4, 0.5) is 0 Å². The van der Waals surface area contributed by atoms with E-state index in [9.17, 15) is 0 Å². The van der Waals surface area contributed by atoms with Gasteiger partial charge in [0.15, 0.2) is 0 Å². The second kappa shape index (κ2) is 4.88. The normalized spacial score (nSPS) is 26.0. The van der Waals surface area contributed by atoms with E-state index in [1.165, 1.54) is 24.8 Å². The molecular weight excluding hydrogens is 246 g/mol. The van der Waals surface area contributed by atoms with Crippen LogP contribution in [0.1, 0.15) is 45.0 Å². The van der Waals surface area contributed by atoms with Crippen LogP contribution in [0, 0.1) is 12.3 Å². The van der Waals surface area contributed by atoms with Crippen molar-refractivity contribution in [2.45, 2.75) is 52.1 Å². The standard InChI is InChI=1S/C17H25N3/c1-12-19-14-7-5-6-8-15(14)20(12)16-11-17(2,3)10-9-13(16)18-4/h5-8,13,16,18H,9-11H2,1-4H3. The molecule has 1 fully saturated rings. The summed E-state index contributed by atoms with van der Waals surface area (Å²) < 4.78 is 2.46. The molecule has 3 nitrogen and oxygen atoms in total. The van der Waals surface area contributed by atoms with E-state index in [4.69, 9.17) is 4.98 Å². The van der Waals surface area contributed by atoms with Crippen molar-refractivity contribution in [1.29, 1.82) is 0 Å². The molecule has 108 valence electrons. The molecule has 0 aliphatic heterocycles. The highest BCUT2D eigenvalue weighted by molar-refractivity contribution is 5.76. The van der Waals surface area contributed by atoms with Gasteiger partial charge in [-0.05, 0) is 50.8 Å². The van der Waals surface area contributed by atoms with Crippen LogP contribution in [-0.4, -0.2) is 22.6 Å². The maximum Gasteiger partial charge on any atom is 0.107 e. The molecule has 0 saturated heterocycles. The smallest absolute Gasteiger partial charge is 0.107 e. The number of imidazole rings is 1. The molecule has 1 aliphatic rings. The Morgan fingerprint density at radius 3 is 2.80 bits per heavy atom. The van der Waals surface area contributed by atoms with Gasteiger partial charge in [0, 0.05) is 6.04 Å². The maximum absolute atomic E-state index is 4.74. The number of fused-ring (bicyclic) bond motifs is 1. The fourth-order valence-electron chi connectivity index (χ4n) is 3.74. The molecule has 2 aromatic rings. The van der Waals surface area contributed by atoms with E-state index in [1.54, 1.807) is 0 Å². The second-order valence-corrected chi connectivity index (χ2v) is 6.89. The van der Waals surface area contributed by atoms with E-state index >= 15 is 0 Å². The molecule has 1 saturated carbocycles. The van der Waals surface area contributed by atoms with Gasteiger partial charge in [0.05, 0.1) is 17.1 Å². The molecule has 0 bridgehead atoms. The minimum atomic E-state index is 0.413. The minimum absolute atomic E-state index is 0.413. The van der Waals surface area contributed by atoms with E-state index in [-0.39, 0.29) is 0 Å². The van der Waals surface area contributed by atoms with Gasteiger partial charge >= 0.3 is 0 Å². The SMILES string of the molecule is CNC1CCC(C)(C)CC1n1c(C)nc2ccccc21. The van der Waals surface area contributed by atoms with Gasteiger partial charge in [0.2, 0.25) is 0 Å². The largest absolute Gasteiger partial charge is 0.323 e. The van der Waals surface area contributed by atoms with Gasteiger partial charge in [-0.15, -0.1) is 0 Å². The highest BCUT2D eigenvalue weighted by Crippen LogP contribution is 2.42. The van der Waals surface area contributed by atoms with Gasteiger partial charge in [-0.2, -0.15) is 0 Å². The van der Waals surface area contributed by atoms with Crippen molar-refractivity contribution in [2.75, 3.05) is 7.05 Å². The minimum Gasteiger partial charge on any atom is -0.323 e. The molecule has 1 heterocycles. The van der Waals surface area contributed by atoms with Gasteiger partial charge in [-0.25, -0.2) is 4.98 Å². The van der Waals surface area contributed by atoms with Gasteiger partial charge in [0.1, 0.15) is 5.82 Å². The fourth-order valence-corrected chi connectivity index (χ4v) is 3.74. The molecule has 20 heavy (non-hydrogen) atoms. The van der Waals surface area contributed by atoms with Crippen molar-refractivity contribution in [3.05, 3.63) is 30.1 Å². The summed E-state index contributed by atoms with van der Waals surface area (Å²) in [5.74, 6) is 1.13. The summed E-state index contributed by atoms with van der Waals surface area (Å²) in [5, 5.41) is 3.52. The number of aryl methyl sites for hydroxylation is 1. The van der Waals surface area contributed by atoms with Crippen molar-refractivity contribution >= 4 is 11.0 Å². The summed E-state index contributed by atoms with van der Waals surface area (Å²) in [6.45, 7) is 6.91. The average Bonchev–Trinajstić information content (AvgIpc) is 2.73. The zero-order chi connectivity index (χ0) is 14.3. The molecule has 2 atom stereocenters. The number of hydrogen-bond acceptors (Lipinski definition) is 2. The van der Waals surface area contributed by atoms with Crippen LogP contribution >= 0.6 is 0 Å². The number of aromatic nitrogens is 2. The average molecular weight is 271 g/mol. The lowest BCUT2D eigenvalue weighted by atomic mass is 9.72. The molecule has 1 aliphatic carbocycles. The van der Waals surface area contributed by atoms with Gasteiger partial charge in [-0.1, -0.05) is 26.0 Å². The van der Waals surface area contributed by atoms with Crippen molar-refractivity contribution < 1.29 is 0 Å². The van der Waals surface area contributed by atoms with Crippen LogP contribution in [0.15, 0.2) is 24.3 Å². The van der Waals surface area contributed by atoms with Crippen LogP contribution in [0.2, 0.25) is 0 Å². The third-order valence-electron chi connectivity index (χ3n) is 4.83. The van der Waals surface area contributed by atoms with Crippen LogP contribution in [-0.2, 0) is 0 Å². The van der Waals surface area contributed by atoms with Crippen LogP contribution in [0.3, 0.4) is 0 Å². The summed E-state index contributed by atoms with van der Waals surface area (Å²) in [4.78, 5) is 4.74. The monoisotopic (exact) mass is 271 g/mol. The van der Waals surface area contributed by atoms with Crippen molar-refractivity contribution in [3.63, 3.8) is 0 Å². The lowest BCUT2D eigenvalue weighted by molar-refractivity contribution is 0.148. The third kappa shape index (κ3) is 2.24. The van der Waals surface area contributed by atoms with Crippen molar-refractivity contribution in [1.82, 2.24) is 14.9 Å². The van der Waals surface area contributed by atoms with Crippen LogP contribution in [0.5, 0.6) is 0 Å². The Morgan fingerprint density at radius 2 is 2.05 bits per heavy atom. The van der Waals surface area contributed by atoms with Crippen LogP contribution < -0.4 is 5.32 Å². The maximum atomic E-state index is 4.74. The number of benzene rings is 1. The third-order valence-corrected chi connectivity index (χ3v) is 4.83. The van der Waals surface area contributed by atoms with Gasteiger partial charge in [-0.3, -0.25) is 0 Å². The lowest BCUT2D eigenvalue weighted by Gasteiger charge is -2.42. The second-order valence-electron chi connectivity index (χ2n) is 6.89. The summed E-state index contributed by atoms with van der Waals surface area (Å²) in [5.41, 5.74) is 2.80. The first-order valence-corrected chi connectivity index (χ1v) is 7.63. The molecule has 1 aromatic heterocycles. The predicted molar refractivity (Wildman–Crippen MR) is 84.0 cm³/mol. The highest BCUT2D eigenvalue weighted by atomic mass is 15.1. The lowest BCUT2D eigenvalue weighted by Crippen LogP contribution is -2.42. The van der Waals surface area contributed by atoms with E-state index < -0.39 is 0 Å². The Morgan fingerprint density at radius 1 is 1.30 bits per heavy atom. The Kier molecular flexibility index (Phi) is 3.33. The topological polar surface area (TPSA) is 29.9 Å². The fraction of sp³-hybridized carbons (Fsp3) is 0.588. The molecule has 0 spiro atoms. The van der Waals surface area contributed by atoms with Crippen molar-refractivity contribution in [3.8, 4) is 0 Å². The first-order chi connectivity index (χ1) is 9.52. The number of likely N-dealkylation sites (N-methyl/N-ethyl adjacent to an activating group) is 1. The van der Waals surface area contributed by atoms with Crippen LogP contribution in [0.25, 0.3) is 11.0 Å². The summed E-state index contributed by atoms with van der Waals surface area (Å²) in [7, 11) is 2.09. The molecule has 1 N–H and O–H groups in total. The van der Waals surface area contributed by atoms with E-state index in [2.05, 4.69) is 62.0 Å². The summed E-state index contributed by atoms with van der Waals surface area (Å²) in [6.07, 6.45) is 3.74. The van der Waals surface area contributed by atoms with E-state index in [0.29, 0.717) is 17.5 Å². The molecule has 1 aromatic carbocycles. The van der Waals surface area contributed by atoms with Crippen molar-refractivity contribution in [2.24, 2.45) is 5.41 Å². The molecular formula is C17H25N3. The first-order valence-electron chi connectivity index (χ1n) is 7.63. The highest BCUT2D eigenvalue weighted by Gasteiger charge is 2.36. The Bertz CT molecular complexity index is 612. The van der Waals surface area contributed by atoms with Gasteiger partial charge in [0.25, 0.3) is 0 Å². The Balaban J connectivity index is 2.09. The summed E-state index contributed by atoms with van der Waals surface area (Å²) in [6, 6.07) is 9.53. The Hall–Kier alpha value is -1.35. The predicted octanol–water partition coefficient (Wildman–Crippen LogP) is 3.68. The number of nitrogens with zero attached hydrogens (tertiary/aromatic N) is 2. The Labute approximate surface area is 121 Å². The number of rotatable bonds is 2. The number of nitrogens with one attached hydrogen (secondary N) is 1.